The molecule has 0 aliphatic carbocycles. The summed E-state index contributed by atoms with van der Waals surface area (Å²) in [6, 6.07) is 11.5. The van der Waals surface area contributed by atoms with E-state index < -0.39 is 0 Å². The number of hydrogen-bond acceptors (Lipinski definition) is 3. The van der Waals surface area contributed by atoms with Crippen molar-refractivity contribution in [3.05, 3.63) is 72.9 Å². The largest absolute Gasteiger partial charge is 0.350 e. The van der Waals surface area contributed by atoms with E-state index in [9.17, 15) is 4.79 Å². The Balaban J connectivity index is 1.62. The maximum absolute atomic E-state index is 11.9. The monoisotopic (exact) mass is 292 g/mol. The molecule has 110 valence electrons. The molecule has 5 heteroatoms. The molecule has 0 radical (unpaired) electrons. The van der Waals surface area contributed by atoms with E-state index in [-0.39, 0.29) is 5.91 Å². The lowest BCUT2D eigenvalue weighted by molar-refractivity contribution is -0.121. The van der Waals surface area contributed by atoms with Crippen LogP contribution in [0.5, 0.6) is 0 Å². The van der Waals surface area contributed by atoms with Crippen molar-refractivity contribution in [3.63, 3.8) is 0 Å². The number of nitrogens with one attached hydrogen (secondary N) is 1. The summed E-state index contributed by atoms with van der Waals surface area (Å²) in [5.41, 5.74) is 2.82. The molecule has 1 amide bonds. The first-order chi connectivity index (χ1) is 10.8. The van der Waals surface area contributed by atoms with Gasteiger partial charge in [0.2, 0.25) is 5.91 Å². The summed E-state index contributed by atoms with van der Waals surface area (Å²) in [7, 11) is 0. The average Bonchev–Trinajstić information content (AvgIpc) is 3.07. The zero-order chi connectivity index (χ0) is 15.2. The molecule has 0 aliphatic heterocycles. The number of rotatable bonds is 5. The Morgan fingerprint density at radius 3 is 2.77 bits per heavy atom. The van der Waals surface area contributed by atoms with Crippen LogP contribution in [0.2, 0.25) is 0 Å². The van der Waals surface area contributed by atoms with Crippen LogP contribution in [-0.2, 0) is 17.9 Å². The van der Waals surface area contributed by atoms with Crippen molar-refractivity contribution in [1.82, 2.24) is 19.9 Å². The highest BCUT2D eigenvalue weighted by Gasteiger charge is 2.04. The van der Waals surface area contributed by atoms with Gasteiger partial charge in [0.25, 0.3) is 0 Å². The van der Waals surface area contributed by atoms with Crippen molar-refractivity contribution in [2.75, 3.05) is 0 Å². The molecule has 5 nitrogen and oxygen atoms in total. The van der Waals surface area contributed by atoms with Gasteiger partial charge in [-0.25, -0.2) is 0 Å². The van der Waals surface area contributed by atoms with Gasteiger partial charge in [-0.05, 0) is 42.0 Å². The highest BCUT2D eigenvalue weighted by molar-refractivity contribution is 5.75. The lowest BCUT2D eigenvalue weighted by atomic mass is 10.1. The molecule has 22 heavy (non-hydrogen) atoms. The molecule has 0 atom stereocenters. The predicted octanol–water partition coefficient (Wildman–Crippen LogP) is 2.26. The van der Waals surface area contributed by atoms with Crippen LogP contribution in [0.3, 0.4) is 0 Å². The second-order valence-corrected chi connectivity index (χ2v) is 4.92. The van der Waals surface area contributed by atoms with Crippen LogP contribution in [0, 0.1) is 0 Å². The van der Waals surface area contributed by atoms with Crippen molar-refractivity contribution in [2.45, 2.75) is 13.1 Å². The predicted molar refractivity (Wildman–Crippen MR) is 83.7 cm³/mol. The smallest absolute Gasteiger partial charge is 0.240 e. The second kappa shape index (κ2) is 6.67. The number of amides is 1. The molecular formula is C17H16N4O. The zero-order valence-corrected chi connectivity index (χ0v) is 12.0. The first kappa shape index (κ1) is 14.0. The maximum atomic E-state index is 11.9. The van der Waals surface area contributed by atoms with E-state index in [4.69, 9.17) is 0 Å². The molecular weight excluding hydrogens is 276 g/mol. The van der Waals surface area contributed by atoms with Gasteiger partial charge in [-0.3, -0.25) is 14.8 Å². The summed E-state index contributed by atoms with van der Waals surface area (Å²) >= 11 is 0. The number of hydrogen-bond donors (Lipinski definition) is 1. The minimum atomic E-state index is -0.0176. The minimum Gasteiger partial charge on any atom is -0.350 e. The van der Waals surface area contributed by atoms with Crippen molar-refractivity contribution in [3.8, 4) is 11.3 Å². The zero-order valence-electron chi connectivity index (χ0n) is 12.0. The lowest BCUT2D eigenvalue weighted by Gasteiger charge is -2.07. The Morgan fingerprint density at radius 1 is 1.14 bits per heavy atom. The Bertz CT molecular complexity index is 738. The molecule has 0 saturated heterocycles. The Morgan fingerprint density at radius 2 is 2.00 bits per heavy atom. The molecule has 3 aromatic heterocycles. The average molecular weight is 292 g/mol. The molecule has 0 aromatic carbocycles. The van der Waals surface area contributed by atoms with Crippen LogP contribution < -0.4 is 5.32 Å². The number of carbonyl (C=O) groups is 1. The third kappa shape index (κ3) is 3.58. The van der Waals surface area contributed by atoms with E-state index in [0.29, 0.717) is 13.1 Å². The molecule has 3 heterocycles. The molecule has 3 rings (SSSR count). The van der Waals surface area contributed by atoms with Crippen LogP contribution in [0.15, 0.2) is 67.4 Å². The van der Waals surface area contributed by atoms with E-state index in [1.165, 1.54) is 0 Å². The van der Waals surface area contributed by atoms with Gasteiger partial charge in [0.1, 0.15) is 6.54 Å². The van der Waals surface area contributed by atoms with Crippen molar-refractivity contribution >= 4 is 5.91 Å². The highest BCUT2D eigenvalue weighted by atomic mass is 16.1. The molecule has 3 aromatic rings. The van der Waals surface area contributed by atoms with Gasteiger partial charge in [0.05, 0.1) is 5.69 Å². The summed E-state index contributed by atoms with van der Waals surface area (Å²) in [6.07, 6.45) is 8.99. The van der Waals surface area contributed by atoms with Gasteiger partial charge in [-0.2, -0.15) is 0 Å². The van der Waals surface area contributed by atoms with Crippen molar-refractivity contribution in [2.24, 2.45) is 0 Å². The van der Waals surface area contributed by atoms with Crippen LogP contribution >= 0.6 is 0 Å². The lowest BCUT2D eigenvalue weighted by Crippen LogP contribution is -2.26. The van der Waals surface area contributed by atoms with Gasteiger partial charge in [-0.1, -0.05) is 0 Å². The highest BCUT2D eigenvalue weighted by Crippen LogP contribution is 2.16. The van der Waals surface area contributed by atoms with Crippen molar-refractivity contribution < 1.29 is 4.79 Å². The summed E-state index contributed by atoms with van der Waals surface area (Å²) in [5, 5.41) is 2.91. The van der Waals surface area contributed by atoms with Gasteiger partial charge in [-0.15, -0.1) is 0 Å². The van der Waals surface area contributed by atoms with E-state index in [0.717, 1.165) is 16.8 Å². The van der Waals surface area contributed by atoms with E-state index in [2.05, 4.69) is 15.3 Å². The van der Waals surface area contributed by atoms with Crippen LogP contribution in [0.4, 0.5) is 0 Å². The number of carbonyl (C=O) groups excluding carboxylic acids is 1. The minimum absolute atomic E-state index is 0.0176. The van der Waals surface area contributed by atoms with Gasteiger partial charge < -0.3 is 9.88 Å². The summed E-state index contributed by atoms with van der Waals surface area (Å²) in [4.78, 5) is 20.3. The van der Waals surface area contributed by atoms with Gasteiger partial charge >= 0.3 is 0 Å². The third-order valence-corrected chi connectivity index (χ3v) is 3.26. The molecule has 0 unspecified atom stereocenters. The SMILES string of the molecule is O=C(Cn1cccc1)NCc1ccnc(-c2cccnc2)c1. The van der Waals surface area contributed by atoms with Crippen LogP contribution in [0.1, 0.15) is 5.56 Å². The number of nitrogens with zero attached hydrogens (tertiary/aromatic N) is 3. The molecule has 0 spiro atoms. The van der Waals surface area contributed by atoms with Gasteiger partial charge in [0.15, 0.2) is 0 Å². The molecule has 1 N–H and O–H groups in total. The molecule has 0 aliphatic rings. The van der Waals surface area contributed by atoms with Gasteiger partial charge in [0, 0.05) is 43.1 Å². The number of aromatic nitrogens is 3. The maximum Gasteiger partial charge on any atom is 0.240 e. The standard InChI is InChI=1S/C17H16N4O/c22-17(13-21-8-1-2-9-21)20-11-14-5-7-19-16(10-14)15-4-3-6-18-12-15/h1-10,12H,11,13H2,(H,20,22). The Hall–Kier alpha value is -2.95. The molecule has 0 bridgehead atoms. The second-order valence-electron chi connectivity index (χ2n) is 4.92. The summed E-state index contributed by atoms with van der Waals surface area (Å²) in [6.45, 7) is 0.809. The molecule has 0 saturated carbocycles. The van der Waals surface area contributed by atoms with Crippen molar-refractivity contribution in [1.29, 1.82) is 0 Å². The number of pyridine rings is 2. The fraction of sp³-hybridized carbons (Fsp3) is 0.118. The molecule has 0 fully saturated rings. The first-order valence-electron chi connectivity index (χ1n) is 7.04. The van der Waals surface area contributed by atoms with Crippen LogP contribution in [0.25, 0.3) is 11.3 Å². The topological polar surface area (TPSA) is 59.8 Å². The Labute approximate surface area is 128 Å². The fourth-order valence-electron chi connectivity index (χ4n) is 2.15. The summed E-state index contributed by atoms with van der Waals surface area (Å²) < 4.78 is 1.84. The van der Waals surface area contributed by atoms with Crippen LogP contribution in [-0.4, -0.2) is 20.4 Å². The third-order valence-electron chi connectivity index (χ3n) is 3.26. The Kier molecular flexibility index (Phi) is 4.25. The summed E-state index contributed by atoms with van der Waals surface area (Å²) in [5.74, 6) is -0.0176. The quantitative estimate of drug-likeness (QED) is 0.784. The first-order valence-corrected chi connectivity index (χ1v) is 7.04. The van der Waals surface area contributed by atoms with E-state index >= 15 is 0 Å². The van der Waals surface area contributed by atoms with E-state index in [1.54, 1.807) is 18.6 Å². The fourth-order valence-corrected chi connectivity index (χ4v) is 2.15. The van der Waals surface area contributed by atoms with E-state index in [1.807, 2.05) is 53.4 Å². The normalized spacial score (nSPS) is 10.4.